The van der Waals surface area contributed by atoms with Crippen LogP contribution >= 0.6 is 0 Å². The molecule has 1 aliphatic rings. The number of alkyl halides is 1. The molecule has 10 heteroatoms. The van der Waals surface area contributed by atoms with Crippen molar-refractivity contribution in [3.05, 3.63) is 226 Å². The number of rotatable bonds is 14. The summed E-state index contributed by atoms with van der Waals surface area (Å²) >= 11 is 0. The number of ether oxygens (including phenoxy) is 4. The highest BCUT2D eigenvalue weighted by Gasteiger charge is 2.52. The van der Waals surface area contributed by atoms with Gasteiger partial charge in [0.25, 0.3) is 0 Å². The van der Waals surface area contributed by atoms with E-state index in [-0.39, 0.29) is 5.82 Å². The van der Waals surface area contributed by atoms with Gasteiger partial charge in [-0.2, -0.15) is 4.98 Å². The number of hydrogen-bond acceptors (Lipinski definition) is 8. The van der Waals surface area contributed by atoms with E-state index < -0.39 is 48.0 Å². The van der Waals surface area contributed by atoms with Gasteiger partial charge in [0, 0.05) is 6.20 Å². The molecule has 6 aromatic carbocycles. The fourth-order valence-electron chi connectivity index (χ4n) is 8.09. The van der Waals surface area contributed by atoms with E-state index in [1.54, 1.807) is 20.3 Å². The Hall–Kier alpha value is -6.59. The summed E-state index contributed by atoms with van der Waals surface area (Å²) in [6.07, 6.45) is -4.35. The van der Waals surface area contributed by atoms with Gasteiger partial charge < -0.3 is 29.4 Å². The van der Waals surface area contributed by atoms with Gasteiger partial charge in [-0.25, -0.2) is 9.18 Å². The predicted molar refractivity (Wildman–Crippen MR) is 224 cm³/mol. The first-order chi connectivity index (χ1) is 28.9. The molecular formula is C49H44FN3O6. The minimum absolute atomic E-state index is 0.251. The Kier molecular flexibility index (Phi) is 11.4. The van der Waals surface area contributed by atoms with Crippen molar-refractivity contribution in [2.45, 2.75) is 35.7 Å². The molecule has 7 aromatic rings. The van der Waals surface area contributed by atoms with Gasteiger partial charge in [0.15, 0.2) is 12.4 Å². The molecule has 4 atom stereocenters. The first-order valence-corrected chi connectivity index (χ1v) is 19.4. The van der Waals surface area contributed by atoms with Gasteiger partial charge in [0.05, 0.1) is 20.8 Å². The fraction of sp³-hybridized carbons (Fsp3) is 0.184. The van der Waals surface area contributed by atoms with Crippen molar-refractivity contribution >= 4 is 5.82 Å². The summed E-state index contributed by atoms with van der Waals surface area (Å²) in [6, 6.07) is 55.5. The normalized spacial score (nSPS) is 18.0. The summed E-state index contributed by atoms with van der Waals surface area (Å²) in [5.41, 5.74) is 1.71. The molecule has 0 saturated carbocycles. The summed E-state index contributed by atoms with van der Waals surface area (Å²) in [5, 5.41) is 14.3. The molecule has 9 nitrogen and oxygen atoms in total. The highest BCUT2D eigenvalue weighted by molar-refractivity contribution is 5.58. The fourth-order valence-corrected chi connectivity index (χ4v) is 8.09. The summed E-state index contributed by atoms with van der Waals surface area (Å²) in [4.78, 5) is 18.6. The van der Waals surface area contributed by atoms with Crippen LogP contribution in [0.1, 0.15) is 39.6 Å². The van der Waals surface area contributed by atoms with E-state index in [0.717, 1.165) is 32.4 Å². The Labute approximate surface area is 342 Å². The summed E-state index contributed by atoms with van der Waals surface area (Å²) in [7, 11) is 3.21. The van der Waals surface area contributed by atoms with Gasteiger partial charge in [-0.3, -0.25) is 4.57 Å². The SMILES string of the molecule is COc1ccc(C(Nc2ccn([C@@H]3O[C@H](CO)[C@@H](OC(c4ccccc4)(c4ccccc4)c4ccc(OC)cc4)[C@H]3F)c(=O)n2)(c2ccccc2)c2ccccc2)cc1. The van der Waals surface area contributed by atoms with Crippen LogP contribution in [0.15, 0.2) is 187 Å². The summed E-state index contributed by atoms with van der Waals surface area (Å²) in [5.74, 6) is 1.59. The van der Waals surface area contributed by atoms with E-state index >= 15 is 4.39 Å². The van der Waals surface area contributed by atoms with E-state index in [9.17, 15) is 9.90 Å². The highest BCUT2D eigenvalue weighted by Crippen LogP contribution is 2.46. The molecule has 0 amide bonds. The zero-order chi connectivity index (χ0) is 40.8. The van der Waals surface area contributed by atoms with Crippen LogP contribution in [0.3, 0.4) is 0 Å². The Morgan fingerprint density at radius 3 is 1.51 bits per heavy atom. The van der Waals surface area contributed by atoms with Crippen molar-refractivity contribution in [1.29, 1.82) is 0 Å². The lowest BCUT2D eigenvalue weighted by atomic mass is 9.77. The minimum atomic E-state index is -1.90. The third-order valence-corrected chi connectivity index (χ3v) is 11.0. The Morgan fingerprint density at radius 2 is 1.07 bits per heavy atom. The second kappa shape index (κ2) is 17.1. The van der Waals surface area contributed by atoms with Gasteiger partial charge in [-0.15, -0.1) is 0 Å². The second-order valence-corrected chi connectivity index (χ2v) is 14.3. The summed E-state index contributed by atoms with van der Waals surface area (Å²) in [6.45, 7) is -0.565. The molecule has 0 spiro atoms. The Bertz CT molecular complexity index is 2410. The number of nitrogens with zero attached hydrogens (tertiary/aromatic N) is 2. The minimum Gasteiger partial charge on any atom is -0.497 e. The topological polar surface area (TPSA) is 104 Å². The van der Waals surface area contributed by atoms with E-state index in [1.165, 1.54) is 6.20 Å². The molecule has 1 fully saturated rings. The van der Waals surface area contributed by atoms with Gasteiger partial charge in [-0.05, 0) is 63.7 Å². The Balaban J connectivity index is 1.18. The number of hydrogen-bond donors (Lipinski definition) is 2. The van der Waals surface area contributed by atoms with Gasteiger partial charge in [-0.1, -0.05) is 146 Å². The number of aliphatic hydroxyl groups excluding tert-OH is 1. The molecule has 0 radical (unpaired) electrons. The lowest BCUT2D eigenvalue weighted by molar-refractivity contribution is -0.105. The van der Waals surface area contributed by atoms with Crippen LogP contribution in [0.5, 0.6) is 11.5 Å². The third-order valence-electron chi connectivity index (χ3n) is 11.0. The molecule has 1 aromatic heterocycles. The molecule has 8 rings (SSSR count). The van der Waals surface area contributed by atoms with E-state index in [1.807, 2.05) is 170 Å². The van der Waals surface area contributed by atoms with Crippen molar-refractivity contribution < 1.29 is 28.4 Å². The zero-order valence-electron chi connectivity index (χ0n) is 32.6. The van der Waals surface area contributed by atoms with Crippen molar-refractivity contribution in [3.8, 4) is 11.5 Å². The van der Waals surface area contributed by atoms with Crippen LogP contribution in [0.4, 0.5) is 10.2 Å². The van der Waals surface area contributed by atoms with Crippen molar-refractivity contribution in [2.24, 2.45) is 0 Å². The average Bonchev–Trinajstić information content (AvgIpc) is 3.62. The van der Waals surface area contributed by atoms with Crippen LogP contribution in [-0.2, 0) is 20.6 Å². The maximum Gasteiger partial charge on any atom is 0.351 e. The van der Waals surface area contributed by atoms with Crippen molar-refractivity contribution in [1.82, 2.24) is 9.55 Å². The summed E-state index contributed by atoms with van der Waals surface area (Å²) < 4.78 is 42.5. The molecule has 0 unspecified atom stereocenters. The molecule has 2 N–H and O–H groups in total. The molecular weight excluding hydrogens is 746 g/mol. The smallest absolute Gasteiger partial charge is 0.351 e. The van der Waals surface area contributed by atoms with Gasteiger partial charge >= 0.3 is 5.69 Å². The maximum absolute atomic E-state index is 17.3. The van der Waals surface area contributed by atoms with E-state index in [4.69, 9.17) is 18.9 Å². The molecule has 0 bridgehead atoms. The maximum atomic E-state index is 17.3. The van der Waals surface area contributed by atoms with Crippen molar-refractivity contribution in [3.63, 3.8) is 0 Å². The number of halogens is 1. The third kappa shape index (κ3) is 7.38. The number of nitrogens with one attached hydrogen (secondary N) is 1. The first kappa shape index (κ1) is 39.2. The highest BCUT2D eigenvalue weighted by atomic mass is 19.1. The number of methoxy groups -OCH3 is 2. The van der Waals surface area contributed by atoms with Crippen LogP contribution in [0.25, 0.3) is 0 Å². The number of aliphatic hydroxyl groups is 1. The zero-order valence-corrected chi connectivity index (χ0v) is 32.6. The van der Waals surface area contributed by atoms with E-state index in [2.05, 4.69) is 10.3 Å². The molecule has 59 heavy (non-hydrogen) atoms. The van der Waals surface area contributed by atoms with Crippen LogP contribution in [0.2, 0.25) is 0 Å². The Morgan fingerprint density at radius 1 is 0.644 bits per heavy atom. The van der Waals surface area contributed by atoms with Gasteiger partial charge in [0.2, 0.25) is 0 Å². The average molecular weight is 790 g/mol. The lowest BCUT2D eigenvalue weighted by Gasteiger charge is -2.39. The standard InChI is InChI=1S/C49H44FN3O6/c1-56-40-27-23-36(24-28-40)48(34-15-7-3-8-16-34,35-17-9-4-10-18-35)52-43-31-32-53(47(55)51-43)46-44(50)45(42(33-54)58-46)59-49(37-19-11-5-12-20-37,38-21-13-6-14-22-38)39-25-29-41(57-2)30-26-39/h3-32,42,44-46,54H,33H2,1-2H3,(H,51,52,55)/t42-,44-,45-,46-/m1/s1. The monoisotopic (exact) mass is 789 g/mol. The van der Waals surface area contributed by atoms with E-state index in [0.29, 0.717) is 17.1 Å². The largest absolute Gasteiger partial charge is 0.497 e. The van der Waals surface area contributed by atoms with Crippen molar-refractivity contribution in [2.75, 3.05) is 26.1 Å². The molecule has 2 heterocycles. The molecule has 0 aliphatic carbocycles. The quantitative estimate of drug-likeness (QED) is 0.106. The van der Waals surface area contributed by atoms with Gasteiger partial charge in [0.1, 0.15) is 40.7 Å². The predicted octanol–water partition coefficient (Wildman–Crippen LogP) is 8.27. The number of benzene rings is 6. The molecule has 1 saturated heterocycles. The van der Waals surface area contributed by atoms with Crippen LogP contribution in [0, 0.1) is 0 Å². The number of aromatic nitrogens is 2. The van der Waals surface area contributed by atoms with Crippen LogP contribution in [-0.4, -0.2) is 53.9 Å². The van der Waals surface area contributed by atoms with Crippen LogP contribution < -0.4 is 20.5 Å². The molecule has 1 aliphatic heterocycles. The molecule has 298 valence electrons. The first-order valence-electron chi connectivity index (χ1n) is 19.4. The number of anilines is 1. The second-order valence-electron chi connectivity index (χ2n) is 14.3. The lowest BCUT2D eigenvalue weighted by Crippen LogP contribution is -2.44.